The average molecular weight is 301 g/mol. The fourth-order valence-electron chi connectivity index (χ4n) is 2.52. The monoisotopic (exact) mass is 301 g/mol. The van der Waals surface area contributed by atoms with Crippen LogP contribution in [0.2, 0.25) is 0 Å². The molecular formula is C18H23NO3. The number of esters is 1. The molecule has 1 amide bonds. The van der Waals surface area contributed by atoms with Crippen molar-refractivity contribution >= 4 is 17.6 Å². The first-order valence-electron chi connectivity index (χ1n) is 7.71. The third-order valence-corrected chi connectivity index (χ3v) is 3.90. The van der Waals surface area contributed by atoms with Gasteiger partial charge in [-0.1, -0.05) is 29.8 Å². The topological polar surface area (TPSA) is 55.4 Å². The van der Waals surface area contributed by atoms with E-state index in [1.54, 1.807) is 6.92 Å². The smallest absolute Gasteiger partial charge is 0.310 e. The lowest BCUT2D eigenvalue weighted by Crippen LogP contribution is -2.32. The Balaban J connectivity index is 1.91. The minimum absolute atomic E-state index is 0.124. The molecule has 0 saturated heterocycles. The third-order valence-electron chi connectivity index (χ3n) is 3.90. The molecule has 1 aromatic rings. The van der Waals surface area contributed by atoms with Gasteiger partial charge in [-0.2, -0.15) is 0 Å². The van der Waals surface area contributed by atoms with Gasteiger partial charge in [-0.05, 0) is 51.7 Å². The number of ether oxygens (including phenoxy) is 1. The molecule has 2 atom stereocenters. The largest absolute Gasteiger partial charge is 0.452 e. The Bertz CT molecular complexity index is 592. The van der Waals surface area contributed by atoms with Gasteiger partial charge in [0.2, 0.25) is 0 Å². The third kappa shape index (κ3) is 4.20. The summed E-state index contributed by atoms with van der Waals surface area (Å²) in [6.07, 6.45) is 5.66. The fraction of sp³-hybridized carbons (Fsp3) is 0.444. The van der Waals surface area contributed by atoms with E-state index in [4.69, 9.17) is 4.74 Å². The summed E-state index contributed by atoms with van der Waals surface area (Å²) < 4.78 is 5.30. The minimum Gasteiger partial charge on any atom is -0.452 e. The maximum absolute atomic E-state index is 12.2. The van der Waals surface area contributed by atoms with Crippen LogP contribution in [0.1, 0.15) is 37.3 Å². The second-order valence-corrected chi connectivity index (χ2v) is 5.87. The van der Waals surface area contributed by atoms with E-state index in [0.29, 0.717) is 6.42 Å². The fourth-order valence-corrected chi connectivity index (χ4v) is 2.52. The van der Waals surface area contributed by atoms with Crippen molar-refractivity contribution < 1.29 is 14.3 Å². The van der Waals surface area contributed by atoms with Crippen LogP contribution in [0, 0.1) is 19.8 Å². The summed E-state index contributed by atoms with van der Waals surface area (Å²) in [7, 11) is 0. The van der Waals surface area contributed by atoms with Gasteiger partial charge in [0.25, 0.3) is 5.91 Å². The lowest BCUT2D eigenvalue weighted by Gasteiger charge is -2.20. The molecule has 4 nitrogen and oxygen atoms in total. The normalized spacial score (nSPS) is 18.6. The Kier molecular flexibility index (Phi) is 5.36. The maximum Gasteiger partial charge on any atom is 0.310 e. The number of hydrogen-bond acceptors (Lipinski definition) is 3. The van der Waals surface area contributed by atoms with Crippen LogP contribution in [0.15, 0.2) is 30.4 Å². The number of aryl methyl sites for hydroxylation is 2. The number of anilines is 1. The minimum atomic E-state index is -0.792. The molecule has 0 spiro atoms. The highest BCUT2D eigenvalue weighted by atomic mass is 16.5. The van der Waals surface area contributed by atoms with Gasteiger partial charge in [0, 0.05) is 5.69 Å². The van der Waals surface area contributed by atoms with Crippen molar-refractivity contribution in [2.45, 2.75) is 46.1 Å². The van der Waals surface area contributed by atoms with E-state index < -0.39 is 6.10 Å². The van der Waals surface area contributed by atoms with Gasteiger partial charge in [0.15, 0.2) is 6.10 Å². The number of amides is 1. The lowest BCUT2D eigenvalue weighted by molar-refractivity contribution is -0.157. The zero-order chi connectivity index (χ0) is 16.1. The summed E-state index contributed by atoms with van der Waals surface area (Å²) in [5, 5.41) is 2.82. The van der Waals surface area contributed by atoms with Gasteiger partial charge in [0.1, 0.15) is 0 Å². The zero-order valence-electron chi connectivity index (χ0n) is 13.4. The second-order valence-electron chi connectivity index (χ2n) is 5.87. The molecule has 1 aliphatic carbocycles. The summed E-state index contributed by atoms with van der Waals surface area (Å²) in [6.45, 7) is 5.55. The van der Waals surface area contributed by atoms with Crippen molar-refractivity contribution in [3.63, 3.8) is 0 Å². The molecule has 4 heteroatoms. The van der Waals surface area contributed by atoms with E-state index in [0.717, 1.165) is 29.7 Å². The summed E-state index contributed by atoms with van der Waals surface area (Å²) >= 11 is 0. The Morgan fingerprint density at radius 3 is 2.68 bits per heavy atom. The molecule has 1 N–H and O–H groups in total. The van der Waals surface area contributed by atoms with Crippen LogP contribution in [0.25, 0.3) is 0 Å². The van der Waals surface area contributed by atoms with Crippen LogP contribution in [0.3, 0.4) is 0 Å². The maximum atomic E-state index is 12.2. The molecule has 0 saturated carbocycles. The molecular weight excluding hydrogens is 278 g/mol. The molecule has 1 aliphatic rings. The number of benzene rings is 1. The number of hydrogen-bond donors (Lipinski definition) is 1. The van der Waals surface area contributed by atoms with Gasteiger partial charge >= 0.3 is 5.97 Å². The molecule has 0 unspecified atom stereocenters. The molecule has 0 radical (unpaired) electrons. The predicted molar refractivity (Wildman–Crippen MR) is 86.6 cm³/mol. The Hall–Kier alpha value is -2.10. The van der Waals surface area contributed by atoms with E-state index >= 15 is 0 Å². The van der Waals surface area contributed by atoms with Gasteiger partial charge in [0.05, 0.1) is 5.92 Å². The average Bonchev–Trinajstić information content (AvgIpc) is 2.50. The van der Waals surface area contributed by atoms with Crippen molar-refractivity contribution in [3.8, 4) is 0 Å². The van der Waals surface area contributed by atoms with Crippen molar-refractivity contribution in [2.75, 3.05) is 5.32 Å². The number of nitrogens with one attached hydrogen (secondary N) is 1. The molecule has 0 heterocycles. The molecule has 22 heavy (non-hydrogen) atoms. The number of carbonyl (C=O) groups is 2. The Morgan fingerprint density at radius 2 is 2.05 bits per heavy atom. The molecule has 0 bridgehead atoms. The first kappa shape index (κ1) is 16.3. The van der Waals surface area contributed by atoms with Gasteiger partial charge in [-0.25, -0.2) is 0 Å². The lowest BCUT2D eigenvalue weighted by atomic mass is 9.95. The van der Waals surface area contributed by atoms with Crippen LogP contribution in [-0.2, 0) is 14.3 Å². The van der Waals surface area contributed by atoms with E-state index in [-0.39, 0.29) is 17.8 Å². The molecule has 118 valence electrons. The summed E-state index contributed by atoms with van der Waals surface area (Å²) in [6, 6.07) is 5.80. The molecule has 0 fully saturated rings. The highest BCUT2D eigenvalue weighted by molar-refractivity contribution is 5.95. The molecule has 2 rings (SSSR count). The van der Waals surface area contributed by atoms with Crippen molar-refractivity contribution in [3.05, 3.63) is 41.5 Å². The second kappa shape index (κ2) is 7.25. The number of rotatable bonds is 4. The van der Waals surface area contributed by atoms with Gasteiger partial charge in [-0.3, -0.25) is 9.59 Å². The van der Waals surface area contributed by atoms with Crippen LogP contribution < -0.4 is 5.32 Å². The van der Waals surface area contributed by atoms with Crippen LogP contribution in [0.5, 0.6) is 0 Å². The first-order chi connectivity index (χ1) is 10.5. The van der Waals surface area contributed by atoms with E-state index in [1.165, 1.54) is 0 Å². The van der Waals surface area contributed by atoms with E-state index in [2.05, 4.69) is 11.4 Å². The molecule has 1 aromatic carbocycles. The van der Waals surface area contributed by atoms with Crippen LogP contribution in [0.4, 0.5) is 5.69 Å². The van der Waals surface area contributed by atoms with Crippen molar-refractivity contribution in [1.82, 2.24) is 0 Å². The summed E-state index contributed by atoms with van der Waals surface area (Å²) in [5.74, 6) is -0.708. The predicted octanol–water partition coefficient (Wildman–Crippen LogP) is 3.53. The molecule has 0 aliphatic heterocycles. The number of carbonyl (C=O) groups excluding carboxylic acids is 2. The Labute approximate surface area is 131 Å². The van der Waals surface area contributed by atoms with E-state index in [1.807, 2.05) is 38.1 Å². The highest BCUT2D eigenvalue weighted by Gasteiger charge is 2.25. The first-order valence-corrected chi connectivity index (χ1v) is 7.71. The van der Waals surface area contributed by atoms with Crippen LogP contribution in [-0.4, -0.2) is 18.0 Å². The van der Waals surface area contributed by atoms with Gasteiger partial charge in [-0.15, -0.1) is 0 Å². The quantitative estimate of drug-likeness (QED) is 0.683. The van der Waals surface area contributed by atoms with Crippen molar-refractivity contribution in [2.24, 2.45) is 5.92 Å². The number of allylic oxidation sites excluding steroid dienone is 2. The van der Waals surface area contributed by atoms with Crippen molar-refractivity contribution in [1.29, 1.82) is 0 Å². The standard InChI is InChI=1S/C18H23NO3/c1-12-9-10-16(13(2)11-12)19-17(20)14(3)22-18(21)15-7-5-4-6-8-15/h4-5,9-11,14-15H,6-8H2,1-3H3,(H,19,20)/t14-,15-/m1/s1. The SMILES string of the molecule is Cc1ccc(NC(=O)[C@@H](C)OC(=O)[C@@H]2CC=CCC2)c(C)c1. The zero-order valence-corrected chi connectivity index (χ0v) is 13.4. The highest BCUT2D eigenvalue weighted by Crippen LogP contribution is 2.21. The van der Waals surface area contributed by atoms with Gasteiger partial charge < -0.3 is 10.1 Å². The van der Waals surface area contributed by atoms with E-state index in [9.17, 15) is 9.59 Å². The van der Waals surface area contributed by atoms with Crippen LogP contribution >= 0.6 is 0 Å². The summed E-state index contributed by atoms with van der Waals surface area (Å²) in [4.78, 5) is 24.2. The summed E-state index contributed by atoms with van der Waals surface area (Å²) in [5.41, 5.74) is 2.88. The Morgan fingerprint density at radius 1 is 1.27 bits per heavy atom. The molecule has 0 aromatic heterocycles.